The van der Waals surface area contributed by atoms with E-state index >= 15 is 0 Å². The summed E-state index contributed by atoms with van der Waals surface area (Å²) in [5.74, 6) is 0.697. The molecule has 8 aromatic carbocycles. The largest absolute Gasteiger partial charge is 0.246 e. The van der Waals surface area contributed by atoms with E-state index in [1.165, 1.54) is 53.0 Å². The van der Waals surface area contributed by atoms with Crippen LogP contribution in [0.3, 0.4) is 0 Å². The van der Waals surface area contributed by atoms with E-state index in [-0.39, 0.29) is 0 Å². The van der Waals surface area contributed by atoms with Gasteiger partial charge in [0, 0.05) is 53.4 Å². The molecule has 266 valence electrons. The summed E-state index contributed by atoms with van der Waals surface area (Å²) in [6.07, 6.45) is 0. The van der Waals surface area contributed by atoms with Crippen LogP contribution < -0.4 is 0 Å². The first-order valence-corrected chi connectivity index (χ1v) is 20.0. The lowest BCUT2D eigenvalue weighted by molar-refractivity contribution is 1.18. The molecular formula is C53H33N3S. The number of pyridine rings is 1. The van der Waals surface area contributed by atoms with Crippen molar-refractivity contribution in [1.82, 2.24) is 15.0 Å². The van der Waals surface area contributed by atoms with Crippen LogP contribution >= 0.6 is 11.3 Å². The van der Waals surface area contributed by atoms with Gasteiger partial charge in [-0.3, -0.25) is 0 Å². The topological polar surface area (TPSA) is 38.7 Å². The molecule has 0 bridgehead atoms. The van der Waals surface area contributed by atoms with Gasteiger partial charge in [0.05, 0.1) is 22.6 Å². The minimum absolute atomic E-state index is 0.697. The van der Waals surface area contributed by atoms with E-state index in [1.807, 2.05) is 35.6 Å². The van der Waals surface area contributed by atoms with Crippen molar-refractivity contribution in [1.29, 1.82) is 0 Å². The molecule has 3 heterocycles. The van der Waals surface area contributed by atoms with Crippen LogP contribution in [0.25, 0.3) is 109 Å². The molecule has 0 N–H and O–H groups in total. The first-order valence-electron chi connectivity index (χ1n) is 19.2. The Bertz CT molecular complexity index is 3260. The Hall–Kier alpha value is -7.27. The normalized spacial score (nSPS) is 11.5. The second kappa shape index (κ2) is 13.8. The zero-order valence-electron chi connectivity index (χ0n) is 30.8. The Balaban J connectivity index is 1.06. The summed E-state index contributed by atoms with van der Waals surface area (Å²) in [4.78, 5) is 15.8. The van der Waals surface area contributed by atoms with Gasteiger partial charge in [-0.2, -0.15) is 0 Å². The Morgan fingerprint density at radius 2 is 0.877 bits per heavy atom. The second-order valence-electron chi connectivity index (χ2n) is 14.3. The highest BCUT2D eigenvalue weighted by Crippen LogP contribution is 2.45. The van der Waals surface area contributed by atoms with Gasteiger partial charge in [0.15, 0.2) is 5.82 Å². The summed E-state index contributed by atoms with van der Waals surface area (Å²) < 4.78 is 2.52. The van der Waals surface area contributed by atoms with Crippen LogP contribution in [-0.2, 0) is 0 Å². The van der Waals surface area contributed by atoms with E-state index < -0.39 is 0 Å². The van der Waals surface area contributed by atoms with Gasteiger partial charge in [-0.05, 0) is 39.6 Å². The number of thiophene rings is 1. The number of para-hydroxylation sites is 1. The molecule has 0 aliphatic carbocycles. The SMILES string of the molecule is c1ccc(-c2ccc(-c3cc(-c4ccc(-c5nc6c(-c7cccc8ccccc78)cccc6c6sc7ccccc7c56)cc4)nc(-c4ccccc4)n3)cc2)cc1. The van der Waals surface area contributed by atoms with E-state index in [2.05, 4.69) is 176 Å². The van der Waals surface area contributed by atoms with Crippen LogP contribution in [0.2, 0.25) is 0 Å². The minimum Gasteiger partial charge on any atom is -0.246 e. The van der Waals surface area contributed by atoms with E-state index in [9.17, 15) is 0 Å². The van der Waals surface area contributed by atoms with E-state index in [4.69, 9.17) is 15.0 Å². The Labute approximate surface area is 334 Å². The maximum absolute atomic E-state index is 5.60. The Morgan fingerprint density at radius 1 is 0.351 bits per heavy atom. The van der Waals surface area contributed by atoms with Crippen molar-refractivity contribution in [3.63, 3.8) is 0 Å². The van der Waals surface area contributed by atoms with Crippen LogP contribution in [-0.4, -0.2) is 15.0 Å². The maximum atomic E-state index is 5.60. The van der Waals surface area contributed by atoms with Crippen LogP contribution in [0.5, 0.6) is 0 Å². The van der Waals surface area contributed by atoms with Crippen molar-refractivity contribution >= 4 is 53.2 Å². The smallest absolute Gasteiger partial charge is 0.160 e. The fourth-order valence-electron chi connectivity index (χ4n) is 8.09. The first kappa shape index (κ1) is 33.1. The zero-order valence-corrected chi connectivity index (χ0v) is 31.6. The van der Waals surface area contributed by atoms with Crippen molar-refractivity contribution in [3.8, 4) is 67.4 Å². The van der Waals surface area contributed by atoms with Gasteiger partial charge in [-0.25, -0.2) is 15.0 Å². The molecule has 0 radical (unpaired) electrons. The third-order valence-corrected chi connectivity index (χ3v) is 12.1. The van der Waals surface area contributed by atoms with Gasteiger partial charge in [0.25, 0.3) is 0 Å². The van der Waals surface area contributed by atoms with Gasteiger partial charge in [0.1, 0.15) is 0 Å². The fraction of sp³-hybridized carbons (Fsp3) is 0. The summed E-state index contributed by atoms with van der Waals surface area (Å²) >= 11 is 1.85. The van der Waals surface area contributed by atoms with Gasteiger partial charge < -0.3 is 0 Å². The standard InChI is InChI=1S/C53H33N3S/c1-3-13-34(14-4-1)35-25-27-37(28-26-35)46-33-47(55-53(54-46)40-16-5-2-6-17-40)38-29-31-39(32-30-38)50-49-44-20-9-10-24-48(44)57-52(49)45-23-12-22-43(51(45)56-50)42-21-11-18-36-15-7-8-19-41(36)42/h1-33H. The molecule has 0 aliphatic heterocycles. The fourth-order valence-corrected chi connectivity index (χ4v) is 9.32. The second-order valence-corrected chi connectivity index (χ2v) is 15.4. The molecular weight excluding hydrogens is 711 g/mol. The maximum Gasteiger partial charge on any atom is 0.160 e. The number of benzene rings is 8. The highest BCUT2D eigenvalue weighted by atomic mass is 32.1. The van der Waals surface area contributed by atoms with Crippen molar-refractivity contribution in [2.75, 3.05) is 0 Å². The molecule has 11 aromatic rings. The number of hydrogen-bond donors (Lipinski definition) is 0. The summed E-state index contributed by atoms with van der Waals surface area (Å²) in [5, 5.41) is 6.05. The number of rotatable bonds is 6. The van der Waals surface area contributed by atoms with Gasteiger partial charge >= 0.3 is 0 Å². The number of hydrogen-bond acceptors (Lipinski definition) is 4. The van der Waals surface area contributed by atoms with Crippen molar-refractivity contribution < 1.29 is 0 Å². The molecule has 0 atom stereocenters. The van der Waals surface area contributed by atoms with Gasteiger partial charge in [-0.15, -0.1) is 11.3 Å². The number of fused-ring (bicyclic) bond motifs is 6. The molecule has 4 heteroatoms. The average Bonchev–Trinajstić information content (AvgIpc) is 3.69. The monoisotopic (exact) mass is 743 g/mol. The molecule has 0 unspecified atom stereocenters. The number of aromatic nitrogens is 3. The Morgan fingerprint density at radius 3 is 1.61 bits per heavy atom. The molecule has 11 rings (SSSR count). The molecule has 0 saturated carbocycles. The van der Waals surface area contributed by atoms with Crippen molar-refractivity contribution in [3.05, 3.63) is 200 Å². The predicted octanol–water partition coefficient (Wildman–Crippen LogP) is 14.5. The van der Waals surface area contributed by atoms with Crippen LogP contribution in [0, 0.1) is 0 Å². The first-order chi connectivity index (χ1) is 28.2. The molecule has 0 saturated heterocycles. The van der Waals surface area contributed by atoms with E-state index in [0.29, 0.717) is 5.82 Å². The zero-order chi connectivity index (χ0) is 37.7. The van der Waals surface area contributed by atoms with E-state index in [1.54, 1.807) is 0 Å². The minimum atomic E-state index is 0.697. The molecule has 0 aliphatic rings. The lowest BCUT2D eigenvalue weighted by atomic mass is 9.94. The molecule has 0 fully saturated rings. The average molecular weight is 744 g/mol. The lowest BCUT2D eigenvalue weighted by Gasteiger charge is -2.13. The third-order valence-electron chi connectivity index (χ3n) is 10.9. The van der Waals surface area contributed by atoms with Gasteiger partial charge in [0.2, 0.25) is 0 Å². The van der Waals surface area contributed by atoms with Crippen molar-refractivity contribution in [2.24, 2.45) is 0 Å². The molecule has 57 heavy (non-hydrogen) atoms. The predicted molar refractivity (Wildman–Crippen MR) is 240 cm³/mol. The van der Waals surface area contributed by atoms with Crippen LogP contribution in [0.15, 0.2) is 200 Å². The summed E-state index contributed by atoms with van der Waals surface area (Å²) in [5.41, 5.74) is 12.5. The van der Waals surface area contributed by atoms with Crippen LogP contribution in [0.4, 0.5) is 0 Å². The lowest BCUT2D eigenvalue weighted by Crippen LogP contribution is -1.96. The molecule has 3 nitrogen and oxygen atoms in total. The molecule has 3 aromatic heterocycles. The summed E-state index contributed by atoms with van der Waals surface area (Å²) in [6, 6.07) is 70.7. The molecule has 0 spiro atoms. The quantitative estimate of drug-likeness (QED) is 0.170. The van der Waals surface area contributed by atoms with Crippen LogP contribution in [0.1, 0.15) is 0 Å². The highest BCUT2D eigenvalue weighted by molar-refractivity contribution is 7.26. The third kappa shape index (κ3) is 5.86. The number of nitrogens with zero attached hydrogens (tertiary/aromatic N) is 3. The summed E-state index contributed by atoms with van der Waals surface area (Å²) in [7, 11) is 0. The highest BCUT2D eigenvalue weighted by Gasteiger charge is 2.19. The Kier molecular flexibility index (Phi) is 8.01. The van der Waals surface area contributed by atoms with Gasteiger partial charge in [-0.1, -0.05) is 188 Å². The molecule has 0 amide bonds. The van der Waals surface area contributed by atoms with Crippen molar-refractivity contribution in [2.45, 2.75) is 0 Å². The summed E-state index contributed by atoms with van der Waals surface area (Å²) in [6.45, 7) is 0. The van der Waals surface area contributed by atoms with E-state index in [0.717, 1.165) is 50.4 Å².